The number of hydrogen-bond donors (Lipinski definition) is 3. The van der Waals surface area contributed by atoms with Gasteiger partial charge in [-0.3, -0.25) is 0 Å². The highest BCUT2D eigenvalue weighted by molar-refractivity contribution is 5.79. The molecule has 20 heavy (non-hydrogen) atoms. The maximum Gasteiger partial charge on any atom is 0.181 e. The molecule has 104 valence electrons. The monoisotopic (exact) mass is 271 g/mol. The summed E-state index contributed by atoms with van der Waals surface area (Å²) >= 11 is 0. The number of rotatable bonds is 4. The summed E-state index contributed by atoms with van der Waals surface area (Å²) in [5.74, 6) is 1.41. The van der Waals surface area contributed by atoms with Gasteiger partial charge in [-0.1, -0.05) is 6.92 Å². The highest BCUT2D eigenvalue weighted by atomic mass is 15.3. The van der Waals surface area contributed by atoms with Crippen molar-refractivity contribution in [1.29, 1.82) is 0 Å². The van der Waals surface area contributed by atoms with Crippen LogP contribution in [0.5, 0.6) is 0 Å². The first kappa shape index (κ1) is 12.5. The van der Waals surface area contributed by atoms with Crippen LogP contribution >= 0.6 is 0 Å². The Labute approximate surface area is 116 Å². The van der Waals surface area contributed by atoms with Crippen LogP contribution in [0.3, 0.4) is 0 Å². The predicted molar refractivity (Wildman–Crippen MR) is 78.5 cm³/mol. The summed E-state index contributed by atoms with van der Waals surface area (Å²) in [5, 5.41) is 7.72. The third-order valence-corrected chi connectivity index (χ3v) is 3.04. The molecule has 0 radical (unpaired) electrons. The third kappa shape index (κ3) is 1.97. The minimum atomic E-state index is 0.565. The number of aromatic amines is 1. The zero-order valence-corrected chi connectivity index (χ0v) is 11.5. The number of nitrogens with zero attached hydrogens (tertiary/aromatic N) is 4. The van der Waals surface area contributed by atoms with Crippen LogP contribution in [-0.4, -0.2) is 31.1 Å². The summed E-state index contributed by atoms with van der Waals surface area (Å²) in [6.45, 7) is 4.84. The van der Waals surface area contributed by atoms with E-state index in [0.29, 0.717) is 17.2 Å². The molecule has 7 heteroatoms. The zero-order valence-electron chi connectivity index (χ0n) is 11.5. The Kier molecular flexibility index (Phi) is 3.02. The Bertz CT molecular complexity index is 727. The maximum atomic E-state index is 6.13. The van der Waals surface area contributed by atoms with Crippen molar-refractivity contribution in [3.63, 3.8) is 0 Å². The quantitative estimate of drug-likeness (QED) is 0.672. The van der Waals surface area contributed by atoms with Gasteiger partial charge in [0.25, 0.3) is 0 Å². The van der Waals surface area contributed by atoms with Crippen molar-refractivity contribution in [3.05, 3.63) is 24.2 Å². The molecule has 0 aromatic carbocycles. The number of anilines is 2. The van der Waals surface area contributed by atoms with Gasteiger partial charge in [0, 0.05) is 24.6 Å². The number of hydrogen-bond acceptors (Lipinski definition) is 5. The van der Waals surface area contributed by atoms with Crippen molar-refractivity contribution < 1.29 is 0 Å². The average molecular weight is 271 g/mol. The fourth-order valence-corrected chi connectivity index (χ4v) is 2.10. The lowest BCUT2D eigenvalue weighted by atomic mass is 10.3. The second kappa shape index (κ2) is 4.84. The van der Waals surface area contributed by atoms with Crippen LogP contribution in [0.25, 0.3) is 17.2 Å². The minimum absolute atomic E-state index is 0.565. The second-order valence-corrected chi connectivity index (χ2v) is 4.65. The molecule has 4 N–H and O–H groups in total. The number of imidazole rings is 1. The molecule has 0 aliphatic heterocycles. The summed E-state index contributed by atoms with van der Waals surface area (Å²) in [5.41, 5.74) is 9.06. The molecule has 3 aromatic rings. The Morgan fingerprint density at radius 3 is 3.00 bits per heavy atom. The van der Waals surface area contributed by atoms with E-state index in [1.165, 1.54) is 0 Å². The largest absolute Gasteiger partial charge is 0.393 e. The van der Waals surface area contributed by atoms with Gasteiger partial charge in [-0.2, -0.15) is 0 Å². The van der Waals surface area contributed by atoms with Gasteiger partial charge in [0.05, 0.1) is 0 Å². The van der Waals surface area contributed by atoms with Crippen LogP contribution in [0.4, 0.5) is 11.5 Å². The summed E-state index contributed by atoms with van der Waals surface area (Å²) in [7, 11) is 0. The Balaban J connectivity index is 2.20. The lowest BCUT2D eigenvalue weighted by Crippen LogP contribution is -2.02. The van der Waals surface area contributed by atoms with E-state index >= 15 is 0 Å². The van der Waals surface area contributed by atoms with E-state index < -0.39 is 0 Å². The molecule has 0 bridgehead atoms. The normalized spacial score (nSPS) is 11.1. The molecule has 0 amide bonds. The zero-order chi connectivity index (χ0) is 14.1. The van der Waals surface area contributed by atoms with E-state index in [-0.39, 0.29) is 0 Å². The summed E-state index contributed by atoms with van der Waals surface area (Å²) in [6, 6.07) is 1.93. The van der Waals surface area contributed by atoms with Crippen molar-refractivity contribution in [2.24, 2.45) is 0 Å². The third-order valence-electron chi connectivity index (χ3n) is 3.04. The first-order chi connectivity index (χ1) is 9.70. The van der Waals surface area contributed by atoms with Crippen molar-refractivity contribution in [2.45, 2.75) is 20.3 Å². The highest BCUT2D eigenvalue weighted by Gasteiger charge is 2.16. The molecule has 0 saturated carbocycles. The summed E-state index contributed by atoms with van der Waals surface area (Å²) in [4.78, 5) is 11.8. The lowest BCUT2D eigenvalue weighted by molar-refractivity contribution is 0.910. The van der Waals surface area contributed by atoms with Gasteiger partial charge >= 0.3 is 0 Å². The molecule has 0 saturated heterocycles. The molecule has 0 aliphatic rings. The molecule has 0 fully saturated rings. The van der Waals surface area contributed by atoms with E-state index in [0.717, 1.165) is 30.2 Å². The van der Waals surface area contributed by atoms with Gasteiger partial charge in [0.2, 0.25) is 0 Å². The number of nitrogen functional groups attached to an aromatic ring is 1. The first-order valence-electron chi connectivity index (χ1n) is 6.60. The average Bonchev–Trinajstić information content (AvgIpc) is 3.06. The number of aromatic nitrogens is 5. The Hall–Kier alpha value is -2.57. The Morgan fingerprint density at radius 1 is 1.45 bits per heavy atom. The highest BCUT2D eigenvalue weighted by Crippen LogP contribution is 2.26. The standard InChI is InChI=1S/C13H17N7/c1-3-4-15-12-10(14)13-18-8(2)7-9(20(13)19-12)11-16-5-6-17-11/h5-7H,3-4,14H2,1-2H3,(H,15,19)(H,16,17). The number of H-pyrrole nitrogens is 1. The topological polar surface area (TPSA) is 96.9 Å². The SMILES string of the molecule is CCCNc1nn2c(-c3ncc[nH]3)cc(C)nc2c1N. The molecule has 0 aliphatic carbocycles. The van der Waals surface area contributed by atoms with E-state index in [2.05, 4.69) is 32.3 Å². The van der Waals surface area contributed by atoms with Gasteiger partial charge in [-0.25, -0.2) is 14.5 Å². The van der Waals surface area contributed by atoms with Crippen LogP contribution in [0.15, 0.2) is 18.5 Å². The fourth-order valence-electron chi connectivity index (χ4n) is 2.10. The van der Waals surface area contributed by atoms with Crippen LogP contribution in [0, 0.1) is 6.92 Å². The van der Waals surface area contributed by atoms with Crippen LogP contribution in [-0.2, 0) is 0 Å². The van der Waals surface area contributed by atoms with Crippen molar-refractivity contribution in [3.8, 4) is 11.5 Å². The van der Waals surface area contributed by atoms with Crippen molar-refractivity contribution in [2.75, 3.05) is 17.6 Å². The van der Waals surface area contributed by atoms with Crippen LogP contribution in [0.2, 0.25) is 0 Å². The van der Waals surface area contributed by atoms with Crippen molar-refractivity contribution >= 4 is 17.2 Å². The molecule has 0 atom stereocenters. The van der Waals surface area contributed by atoms with E-state index in [1.54, 1.807) is 16.9 Å². The van der Waals surface area contributed by atoms with E-state index in [1.807, 2.05) is 13.0 Å². The second-order valence-electron chi connectivity index (χ2n) is 4.65. The number of nitrogens with two attached hydrogens (primary N) is 1. The minimum Gasteiger partial charge on any atom is -0.393 e. The van der Waals surface area contributed by atoms with Crippen LogP contribution in [0.1, 0.15) is 19.0 Å². The number of nitrogens with one attached hydrogen (secondary N) is 2. The molecule has 0 spiro atoms. The van der Waals surface area contributed by atoms with E-state index in [9.17, 15) is 0 Å². The fraction of sp³-hybridized carbons (Fsp3) is 0.308. The maximum absolute atomic E-state index is 6.13. The molecule has 3 rings (SSSR count). The smallest absolute Gasteiger partial charge is 0.181 e. The van der Waals surface area contributed by atoms with Gasteiger partial charge < -0.3 is 16.0 Å². The summed E-state index contributed by atoms with van der Waals surface area (Å²) < 4.78 is 1.72. The number of aryl methyl sites for hydroxylation is 1. The lowest BCUT2D eigenvalue weighted by Gasteiger charge is -2.03. The van der Waals surface area contributed by atoms with Gasteiger partial charge in [-0.05, 0) is 19.4 Å². The first-order valence-corrected chi connectivity index (χ1v) is 6.60. The van der Waals surface area contributed by atoms with Crippen LogP contribution < -0.4 is 11.1 Å². The molecule has 3 heterocycles. The number of fused-ring (bicyclic) bond motifs is 1. The predicted octanol–water partition coefficient (Wildman–Crippen LogP) is 1.83. The summed E-state index contributed by atoms with van der Waals surface area (Å²) in [6.07, 6.45) is 4.49. The van der Waals surface area contributed by atoms with Gasteiger partial charge in [0.15, 0.2) is 17.3 Å². The van der Waals surface area contributed by atoms with Gasteiger partial charge in [0.1, 0.15) is 11.4 Å². The molecular formula is C13H17N7. The molecule has 7 nitrogen and oxygen atoms in total. The molecular weight excluding hydrogens is 254 g/mol. The Morgan fingerprint density at radius 2 is 2.30 bits per heavy atom. The van der Waals surface area contributed by atoms with Crippen molar-refractivity contribution in [1.82, 2.24) is 24.6 Å². The molecule has 0 unspecified atom stereocenters. The molecule has 3 aromatic heterocycles. The van der Waals surface area contributed by atoms with E-state index in [4.69, 9.17) is 5.73 Å². The van der Waals surface area contributed by atoms with Gasteiger partial charge in [-0.15, -0.1) is 5.10 Å².